The zero-order valence-electron chi connectivity index (χ0n) is 16.8. The molecule has 8 nitrogen and oxygen atoms in total. The topological polar surface area (TPSA) is 106 Å². The summed E-state index contributed by atoms with van der Waals surface area (Å²) in [5, 5.41) is 16.1. The first kappa shape index (κ1) is 19.5. The second-order valence-corrected chi connectivity index (χ2v) is 7.26. The third kappa shape index (κ3) is 3.37. The number of aromatic carboxylic acids is 1. The Balaban J connectivity index is 1.38. The van der Waals surface area contributed by atoms with E-state index in [2.05, 4.69) is 27.5 Å². The quantitative estimate of drug-likeness (QED) is 0.492. The van der Waals surface area contributed by atoms with Gasteiger partial charge in [0.1, 0.15) is 12.2 Å². The third-order valence-electron chi connectivity index (χ3n) is 5.43. The maximum absolute atomic E-state index is 12.7. The number of anilines is 1. The number of hydrogen-bond acceptors (Lipinski definition) is 5. The lowest BCUT2D eigenvalue weighted by molar-refractivity contribution is 0.0698. The van der Waals surface area contributed by atoms with Gasteiger partial charge in [-0.15, -0.1) is 0 Å². The largest absolute Gasteiger partial charge is 0.477 e. The number of ether oxygens (including phenoxy) is 1. The Bertz CT molecular complexity index is 1270. The number of nitrogens with one attached hydrogen (secondary N) is 1. The molecule has 0 spiro atoms. The van der Waals surface area contributed by atoms with E-state index in [1.807, 2.05) is 36.4 Å². The van der Waals surface area contributed by atoms with Crippen LogP contribution in [0.4, 0.5) is 10.6 Å². The number of amides is 1. The summed E-state index contributed by atoms with van der Waals surface area (Å²) in [5.74, 6) is -0.976. The van der Waals surface area contributed by atoms with Gasteiger partial charge < -0.3 is 9.84 Å². The molecule has 0 radical (unpaired) electrons. The van der Waals surface area contributed by atoms with Crippen LogP contribution in [0.1, 0.15) is 27.4 Å². The number of carbonyl (C=O) groups is 2. The first-order chi connectivity index (χ1) is 15.6. The SMILES string of the molecule is O=C(Nc1c(C(=O)O)cnn1-c1ccccn1)OCC1c2ccccc2-c2ccccc21. The van der Waals surface area contributed by atoms with Crippen LogP contribution in [0.3, 0.4) is 0 Å². The molecule has 0 aliphatic heterocycles. The zero-order chi connectivity index (χ0) is 22.1. The highest BCUT2D eigenvalue weighted by Gasteiger charge is 2.29. The van der Waals surface area contributed by atoms with Crippen molar-refractivity contribution in [1.29, 1.82) is 0 Å². The lowest BCUT2D eigenvalue weighted by Crippen LogP contribution is -2.21. The highest BCUT2D eigenvalue weighted by atomic mass is 16.5. The van der Waals surface area contributed by atoms with Gasteiger partial charge in [-0.25, -0.2) is 14.6 Å². The monoisotopic (exact) mass is 426 g/mol. The van der Waals surface area contributed by atoms with Crippen molar-refractivity contribution in [3.8, 4) is 16.9 Å². The summed E-state index contributed by atoms with van der Waals surface area (Å²) in [6.45, 7) is 0.111. The van der Waals surface area contributed by atoms with Crippen LogP contribution in [0, 0.1) is 0 Å². The molecule has 0 unspecified atom stereocenters. The molecule has 4 aromatic rings. The predicted octanol–water partition coefficient (Wildman–Crippen LogP) is 4.33. The van der Waals surface area contributed by atoms with Crippen LogP contribution in [0.5, 0.6) is 0 Å². The number of pyridine rings is 1. The molecule has 8 heteroatoms. The molecule has 2 aromatic heterocycles. The first-order valence-electron chi connectivity index (χ1n) is 9.98. The summed E-state index contributed by atoms with van der Waals surface area (Å²) in [7, 11) is 0. The van der Waals surface area contributed by atoms with Gasteiger partial charge in [-0.05, 0) is 34.4 Å². The summed E-state index contributed by atoms with van der Waals surface area (Å²) in [6.07, 6.45) is 1.94. The molecular formula is C24H18N4O4. The number of carboxylic acid groups (broad SMARTS) is 1. The van der Waals surface area contributed by atoms with Gasteiger partial charge in [-0.1, -0.05) is 54.6 Å². The Morgan fingerprint density at radius 3 is 2.25 bits per heavy atom. The second-order valence-electron chi connectivity index (χ2n) is 7.26. The summed E-state index contributed by atoms with van der Waals surface area (Å²) < 4.78 is 6.79. The maximum atomic E-state index is 12.7. The highest BCUT2D eigenvalue weighted by Crippen LogP contribution is 2.44. The molecule has 32 heavy (non-hydrogen) atoms. The highest BCUT2D eigenvalue weighted by molar-refractivity contribution is 5.97. The molecule has 0 atom stereocenters. The minimum Gasteiger partial charge on any atom is -0.477 e. The molecule has 1 aliphatic rings. The molecule has 158 valence electrons. The molecule has 1 aliphatic carbocycles. The lowest BCUT2D eigenvalue weighted by Gasteiger charge is -2.15. The molecule has 0 saturated carbocycles. The van der Waals surface area contributed by atoms with Gasteiger partial charge in [0.05, 0.1) is 6.20 Å². The van der Waals surface area contributed by atoms with Gasteiger partial charge in [0.15, 0.2) is 11.6 Å². The van der Waals surface area contributed by atoms with Gasteiger partial charge in [0.25, 0.3) is 0 Å². The van der Waals surface area contributed by atoms with Crippen molar-refractivity contribution in [2.24, 2.45) is 0 Å². The molecule has 0 bridgehead atoms. The third-order valence-corrected chi connectivity index (χ3v) is 5.43. The van der Waals surface area contributed by atoms with Crippen LogP contribution >= 0.6 is 0 Å². The predicted molar refractivity (Wildman–Crippen MR) is 117 cm³/mol. The normalized spacial score (nSPS) is 12.1. The van der Waals surface area contributed by atoms with E-state index in [0.29, 0.717) is 5.82 Å². The number of aromatic nitrogens is 3. The van der Waals surface area contributed by atoms with E-state index in [1.165, 1.54) is 4.68 Å². The Hall–Kier alpha value is -4.46. The standard InChI is InChI=1S/C24H18N4O4/c29-23(30)19-13-26-28(21-11-5-6-12-25-21)22(19)27-24(31)32-14-20-17-9-3-1-7-15(17)16-8-2-4-10-18(16)20/h1-13,20H,14H2,(H,27,31)(H,29,30). The fourth-order valence-electron chi connectivity index (χ4n) is 4.01. The van der Waals surface area contributed by atoms with E-state index in [9.17, 15) is 14.7 Å². The number of nitrogens with zero attached hydrogens (tertiary/aromatic N) is 3. The van der Waals surface area contributed by atoms with Crippen LogP contribution in [-0.4, -0.2) is 38.5 Å². The van der Waals surface area contributed by atoms with Crippen molar-refractivity contribution >= 4 is 17.9 Å². The Labute approximate surface area is 183 Å². The van der Waals surface area contributed by atoms with E-state index < -0.39 is 12.1 Å². The van der Waals surface area contributed by atoms with Crippen molar-refractivity contribution in [3.63, 3.8) is 0 Å². The molecule has 1 amide bonds. The zero-order valence-corrected chi connectivity index (χ0v) is 16.8. The lowest BCUT2D eigenvalue weighted by atomic mass is 9.98. The summed E-state index contributed by atoms with van der Waals surface area (Å²) in [5.41, 5.74) is 4.26. The maximum Gasteiger partial charge on any atom is 0.412 e. The molecule has 2 aromatic carbocycles. The van der Waals surface area contributed by atoms with Crippen molar-refractivity contribution in [1.82, 2.24) is 14.8 Å². The average molecular weight is 426 g/mol. The van der Waals surface area contributed by atoms with E-state index in [0.717, 1.165) is 28.5 Å². The molecule has 2 N–H and O–H groups in total. The minimum absolute atomic E-state index is 0.0200. The van der Waals surface area contributed by atoms with Gasteiger partial charge >= 0.3 is 12.1 Å². The van der Waals surface area contributed by atoms with E-state index in [1.54, 1.807) is 24.4 Å². The summed E-state index contributed by atoms with van der Waals surface area (Å²) >= 11 is 0. The molecule has 2 heterocycles. The number of carbonyl (C=O) groups excluding carboxylic acids is 1. The fraction of sp³-hybridized carbons (Fsp3) is 0.0833. The Morgan fingerprint density at radius 2 is 1.62 bits per heavy atom. The second kappa shape index (κ2) is 7.99. The van der Waals surface area contributed by atoms with Crippen molar-refractivity contribution in [2.75, 3.05) is 11.9 Å². The van der Waals surface area contributed by atoms with Crippen LogP contribution < -0.4 is 5.32 Å². The summed E-state index contributed by atoms with van der Waals surface area (Å²) in [6, 6.07) is 21.2. The van der Waals surface area contributed by atoms with Gasteiger partial charge in [-0.3, -0.25) is 5.32 Å². The van der Waals surface area contributed by atoms with Gasteiger partial charge in [-0.2, -0.15) is 9.78 Å². The van der Waals surface area contributed by atoms with Crippen LogP contribution in [0.2, 0.25) is 0 Å². The first-order valence-corrected chi connectivity index (χ1v) is 9.98. The Kier molecular flexibility index (Phi) is 4.87. The van der Waals surface area contributed by atoms with Crippen molar-refractivity contribution < 1.29 is 19.4 Å². The van der Waals surface area contributed by atoms with Crippen molar-refractivity contribution in [2.45, 2.75) is 5.92 Å². The van der Waals surface area contributed by atoms with Crippen molar-refractivity contribution in [3.05, 3.63) is 95.8 Å². The number of benzene rings is 2. The fourth-order valence-corrected chi connectivity index (χ4v) is 4.01. The molecular weight excluding hydrogens is 408 g/mol. The number of fused-ring (bicyclic) bond motifs is 3. The Morgan fingerprint density at radius 1 is 0.969 bits per heavy atom. The van der Waals surface area contributed by atoms with E-state index in [4.69, 9.17) is 4.74 Å². The summed E-state index contributed by atoms with van der Waals surface area (Å²) in [4.78, 5) is 28.4. The number of carboxylic acids is 1. The average Bonchev–Trinajstić information content (AvgIpc) is 3.38. The van der Waals surface area contributed by atoms with Crippen LogP contribution in [-0.2, 0) is 4.74 Å². The minimum atomic E-state index is -1.22. The molecule has 0 fully saturated rings. The van der Waals surface area contributed by atoms with Crippen LogP contribution in [0.25, 0.3) is 16.9 Å². The van der Waals surface area contributed by atoms with Gasteiger partial charge in [0.2, 0.25) is 0 Å². The number of rotatable bonds is 5. The van der Waals surface area contributed by atoms with Crippen LogP contribution in [0.15, 0.2) is 79.1 Å². The van der Waals surface area contributed by atoms with E-state index in [-0.39, 0.29) is 23.9 Å². The molecule has 5 rings (SSSR count). The van der Waals surface area contributed by atoms with Gasteiger partial charge in [0, 0.05) is 12.1 Å². The smallest absolute Gasteiger partial charge is 0.412 e. The molecule has 0 saturated heterocycles. The number of hydrogen-bond donors (Lipinski definition) is 2. The van der Waals surface area contributed by atoms with E-state index >= 15 is 0 Å².